The summed E-state index contributed by atoms with van der Waals surface area (Å²) < 4.78 is 0. The zero-order valence-corrected chi connectivity index (χ0v) is 12.1. The molecular weight excluding hydrogens is 294 g/mol. The average Bonchev–Trinajstić information content (AvgIpc) is 2.39. The van der Waals surface area contributed by atoms with Gasteiger partial charge in [-0.25, -0.2) is 4.79 Å². The lowest BCUT2D eigenvalue weighted by Gasteiger charge is -2.41. The van der Waals surface area contributed by atoms with Crippen LogP contribution in [0, 0.1) is 23.2 Å². The number of carbonyl (C=O) groups is 2. The fourth-order valence-electron chi connectivity index (χ4n) is 2.08. The normalized spacial score (nSPS) is 15.8. The molecule has 1 unspecified atom stereocenters. The molecule has 0 aromatic heterocycles. The van der Waals surface area contributed by atoms with E-state index in [4.69, 9.17) is 22.0 Å². The first kappa shape index (κ1) is 15.1. The van der Waals surface area contributed by atoms with Crippen LogP contribution in [0.3, 0.4) is 0 Å². The molecular formula is C14H14ClN3O3. The summed E-state index contributed by atoms with van der Waals surface area (Å²) in [5, 5.41) is 20.7. The Morgan fingerprint density at radius 3 is 2.76 bits per heavy atom. The molecule has 2 amide bonds. The Labute approximate surface area is 126 Å². The van der Waals surface area contributed by atoms with Crippen molar-refractivity contribution in [3.8, 4) is 6.07 Å². The summed E-state index contributed by atoms with van der Waals surface area (Å²) in [5.41, 5.74) is 0.770. The molecule has 1 aromatic carbocycles. The molecule has 1 fully saturated rings. The molecule has 0 bridgehead atoms. The van der Waals surface area contributed by atoms with Crippen molar-refractivity contribution in [2.45, 2.75) is 6.92 Å². The number of anilines is 1. The van der Waals surface area contributed by atoms with Gasteiger partial charge in [0.1, 0.15) is 0 Å². The summed E-state index contributed by atoms with van der Waals surface area (Å²) in [6, 6.07) is 6.23. The van der Waals surface area contributed by atoms with E-state index in [1.165, 1.54) is 11.0 Å². The first-order valence-electron chi connectivity index (χ1n) is 6.40. The van der Waals surface area contributed by atoms with Crippen LogP contribution in [0.4, 0.5) is 10.5 Å². The van der Waals surface area contributed by atoms with E-state index in [0.29, 0.717) is 29.4 Å². The van der Waals surface area contributed by atoms with Gasteiger partial charge in [0.15, 0.2) is 0 Å². The highest BCUT2D eigenvalue weighted by atomic mass is 35.5. The Hall–Kier alpha value is -2.26. The maximum Gasteiger partial charge on any atom is 0.321 e. The largest absolute Gasteiger partial charge is 0.481 e. The van der Waals surface area contributed by atoms with Crippen LogP contribution in [0.2, 0.25) is 5.02 Å². The fraction of sp³-hybridized carbons (Fsp3) is 0.357. The number of nitrogens with zero attached hydrogens (tertiary/aromatic N) is 2. The summed E-state index contributed by atoms with van der Waals surface area (Å²) in [4.78, 5) is 24.4. The third-order valence-corrected chi connectivity index (χ3v) is 3.96. The molecule has 0 saturated carbocycles. The maximum atomic E-state index is 12.0. The van der Waals surface area contributed by atoms with E-state index in [1.54, 1.807) is 19.1 Å². The van der Waals surface area contributed by atoms with Crippen molar-refractivity contribution < 1.29 is 14.7 Å². The molecule has 1 saturated heterocycles. The number of hydrogen-bond acceptors (Lipinski definition) is 3. The number of benzene rings is 1. The molecule has 6 nitrogen and oxygen atoms in total. The van der Waals surface area contributed by atoms with Gasteiger partial charge in [-0.1, -0.05) is 18.5 Å². The van der Waals surface area contributed by atoms with E-state index in [9.17, 15) is 9.59 Å². The molecule has 2 N–H and O–H groups in total. The van der Waals surface area contributed by atoms with Crippen LogP contribution in [-0.2, 0) is 4.79 Å². The lowest BCUT2D eigenvalue weighted by molar-refractivity contribution is -0.144. The van der Waals surface area contributed by atoms with Crippen LogP contribution < -0.4 is 5.32 Å². The van der Waals surface area contributed by atoms with Gasteiger partial charge in [0.25, 0.3) is 0 Å². The molecule has 7 heteroatoms. The van der Waals surface area contributed by atoms with Crippen molar-refractivity contribution in [2.75, 3.05) is 18.4 Å². The molecule has 1 atom stereocenters. The maximum absolute atomic E-state index is 12.0. The molecule has 0 spiro atoms. The number of nitriles is 1. The summed E-state index contributed by atoms with van der Waals surface area (Å²) in [6.07, 6.45) is 0. The Bertz CT molecular complexity index is 620. The molecule has 110 valence electrons. The number of carboxylic acid groups (broad SMARTS) is 1. The molecule has 1 heterocycles. The smallest absolute Gasteiger partial charge is 0.321 e. The highest BCUT2D eigenvalue weighted by molar-refractivity contribution is 6.33. The molecule has 0 aliphatic carbocycles. The predicted octanol–water partition coefficient (Wildman–Crippen LogP) is 2.40. The van der Waals surface area contributed by atoms with Gasteiger partial charge in [-0.2, -0.15) is 5.26 Å². The van der Waals surface area contributed by atoms with Gasteiger partial charge < -0.3 is 15.3 Å². The average molecular weight is 308 g/mol. The minimum Gasteiger partial charge on any atom is -0.481 e. The van der Waals surface area contributed by atoms with Crippen LogP contribution in [0.25, 0.3) is 0 Å². The lowest BCUT2D eigenvalue weighted by atomic mass is 9.87. The lowest BCUT2D eigenvalue weighted by Crippen LogP contribution is -2.54. The van der Waals surface area contributed by atoms with E-state index in [0.717, 1.165) is 0 Å². The number of aliphatic carboxylic acids is 1. The van der Waals surface area contributed by atoms with Crippen LogP contribution >= 0.6 is 11.6 Å². The monoisotopic (exact) mass is 307 g/mol. The third-order valence-electron chi connectivity index (χ3n) is 3.63. The van der Waals surface area contributed by atoms with Gasteiger partial charge in [0.05, 0.1) is 28.3 Å². The third kappa shape index (κ3) is 3.26. The minimum atomic E-state index is -0.857. The minimum absolute atomic E-state index is 0.0332. The van der Waals surface area contributed by atoms with Crippen molar-refractivity contribution in [3.05, 3.63) is 28.8 Å². The van der Waals surface area contributed by atoms with Crippen molar-refractivity contribution in [3.63, 3.8) is 0 Å². The van der Waals surface area contributed by atoms with E-state index in [-0.39, 0.29) is 11.9 Å². The Morgan fingerprint density at radius 1 is 1.52 bits per heavy atom. The molecule has 2 rings (SSSR count). The van der Waals surface area contributed by atoms with E-state index >= 15 is 0 Å². The van der Waals surface area contributed by atoms with Gasteiger partial charge in [-0.3, -0.25) is 4.79 Å². The van der Waals surface area contributed by atoms with Crippen molar-refractivity contribution in [1.29, 1.82) is 5.26 Å². The van der Waals surface area contributed by atoms with Crippen molar-refractivity contribution in [1.82, 2.24) is 4.90 Å². The van der Waals surface area contributed by atoms with Crippen LogP contribution in [0.5, 0.6) is 0 Å². The number of likely N-dealkylation sites (tertiary alicyclic amines) is 1. The summed E-state index contributed by atoms with van der Waals surface area (Å²) >= 11 is 5.96. The second-order valence-corrected chi connectivity index (χ2v) is 5.44. The topological polar surface area (TPSA) is 93.4 Å². The van der Waals surface area contributed by atoms with Crippen LogP contribution in [0.1, 0.15) is 12.5 Å². The van der Waals surface area contributed by atoms with Gasteiger partial charge in [-0.15, -0.1) is 0 Å². The summed E-state index contributed by atoms with van der Waals surface area (Å²) in [5.74, 6) is -1.36. The van der Waals surface area contributed by atoms with Gasteiger partial charge in [0.2, 0.25) is 0 Å². The molecule has 1 aliphatic rings. The van der Waals surface area contributed by atoms with Crippen LogP contribution in [0.15, 0.2) is 18.2 Å². The van der Waals surface area contributed by atoms with E-state index < -0.39 is 11.9 Å². The number of amides is 2. The summed E-state index contributed by atoms with van der Waals surface area (Å²) in [7, 11) is 0. The van der Waals surface area contributed by atoms with Gasteiger partial charge in [0, 0.05) is 19.0 Å². The Morgan fingerprint density at radius 2 is 2.19 bits per heavy atom. The zero-order valence-electron chi connectivity index (χ0n) is 11.3. The molecule has 21 heavy (non-hydrogen) atoms. The number of hydrogen-bond donors (Lipinski definition) is 2. The number of halogens is 1. The quantitative estimate of drug-likeness (QED) is 0.896. The first-order chi connectivity index (χ1) is 9.92. The van der Waals surface area contributed by atoms with Crippen molar-refractivity contribution in [2.24, 2.45) is 11.8 Å². The first-order valence-corrected chi connectivity index (χ1v) is 6.78. The molecule has 0 radical (unpaired) electrons. The van der Waals surface area contributed by atoms with Crippen molar-refractivity contribution >= 4 is 29.3 Å². The standard InChI is InChI=1S/C14H14ClN3O3/c1-8(13(19)20)10-6-18(7-10)14(21)17-12-4-9(5-16)2-3-11(12)15/h2-4,8,10H,6-7H2,1H3,(H,17,21)(H,19,20). The summed E-state index contributed by atoms with van der Waals surface area (Å²) in [6.45, 7) is 2.43. The molecule has 1 aliphatic heterocycles. The number of urea groups is 1. The predicted molar refractivity (Wildman–Crippen MR) is 77.0 cm³/mol. The van der Waals surface area contributed by atoms with E-state index in [1.807, 2.05) is 6.07 Å². The number of carbonyl (C=O) groups excluding carboxylic acids is 1. The second kappa shape index (κ2) is 6.02. The highest BCUT2D eigenvalue weighted by Crippen LogP contribution is 2.27. The number of rotatable bonds is 3. The SMILES string of the molecule is CC(C(=O)O)C1CN(C(=O)Nc2cc(C#N)ccc2Cl)C1. The fourth-order valence-corrected chi connectivity index (χ4v) is 2.25. The molecule has 1 aromatic rings. The number of nitrogens with one attached hydrogen (secondary N) is 1. The Balaban J connectivity index is 1.95. The number of carboxylic acids is 1. The Kier molecular flexibility index (Phi) is 4.34. The second-order valence-electron chi connectivity index (χ2n) is 5.03. The highest BCUT2D eigenvalue weighted by Gasteiger charge is 2.37. The van der Waals surface area contributed by atoms with Gasteiger partial charge >= 0.3 is 12.0 Å². The zero-order chi connectivity index (χ0) is 15.6. The van der Waals surface area contributed by atoms with Crippen LogP contribution in [-0.4, -0.2) is 35.1 Å². The van der Waals surface area contributed by atoms with Gasteiger partial charge in [-0.05, 0) is 18.2 Å². The van der Waals surface area contributed by atoms with E-state index in [2.05, 4.69) is 5.32 Å².